The summed E-state index contributed by atoms with van der Waals surface area (Å²) in [5.74, 6) is 0.537. The standard InChI is InChI=1S/C14H13Cl2N3O2/c1-8-5-12(21-18-8)11-3-2-4-19(11)14(20)9-6-13(16)17-7-10(9)15/h5-7,11H,2-4H2,1H3. The molecule has 0 aromatic carbocycles. The Balaban J connectivity index is 1.91. The van der Waals surface area contributed by atoms with Crippen molar-refractivity contribution in [2.24, 2.45) is 0 Å². The minimum absolute atomic E-state index is 0.110. The Hall–Kier alpha value is -1.59. The molecule has 2 aromatic heterocycles. The van der Waals surface area contributed by atoms with Crippen LogP contribution in [0.5, 0.6) is 0 Å². The van der Waals surface area contributed by atoms with Crippen LogP contribution in [0.15, 0.2) is 22.9 Å². The number of hydrogen-bond acceptors (Lipinski definition) is 4. The molecular weight excluding hydrogens is 313 g/mol. The number of halogens is 2. The van der Waals surface area contributed by atoms with E-state index < -0.39 is 0 Å². The third-order valence-corrected chi connectivity index (χ3v) is 4.05. The topological polar surface area (TPSA) is 59.2 Å². The minimum atomic E-state index is -0.166. The van der Waals surface area contributed by atoms with Crippen molar-refractivity contribution in [3.63, 3.8) is 0 Å². The van der Waals surface area contributed by atoms with Crippen LogP contribution in [0.3, 0.4) is 0 Å². The maximum Gasteiger partial charge on any atom is 0.256 e. The lowest BCUT2D eigenvalue weighted by Crippen LogP contribution is -2.30. The zero-order chi connectivity index (χ0) is 15.0. The van der Waals surface area contributed by atoms with Crippen LogP contribution in [-0.4, -0.2) is 27.5 Å². The monoisotopic (exact) mass is 325 g/mol. The summed E-state index contributed by atoms with van der Waals surface area (Å²) >= 11 is 11.9. The summed E-state index contributed by atoms with van der Waals surface area (Å²) < 4.78 is 5.30. The van der Waals surface area contributed by atoms with Gasteiger partial charge in [0.15, 0.2) is 5.76 Å². The number of amides is 1. The summed E-state index contributed by atoms with van der Waals surface area (Å²) in [7, 11) is 0. The van der Waals surface area contributed by atoms with E-state index in [1.807, 2.05) is 13.0 Å². The van der Waals surface area contributed by atoms with Gasteiger partial charge in [0.1, 0.15) is 5.15 Å². The lowest BCUT2D eigenvalue weighted by molar-refractivity contribution is 0.0714. The molecule has 1 unspecified atom stereocenters. The summed E-state index contributed by atoms with van der Waals surface area (Å²) in [5.41, 5.74) is 1.16. The molecule has 1 fully saturated rings. The predicted molar refractivity (Wildman–Crippen MR) is 78.5 cm³/mol. The van der Waals surface area contributed by atoms with Crippen LogP contribution in [-0.2, 0) is 0 Å². The first-order chi connectivity index (χ1) is 10.1. The van der Waals surface area contributed by atoms with Gasteiger partial charge in [0.25, 0.3) is 5.91 Å². The largest absolute Gasteiger partial charge is 0.359 e. The van der Waals surface area contributed by atoms with Crippen molar-refractivity contribution in [1.82, 2.24) is 15.0 Å². The van der Waals surface area contributed by atoms with E-state index >= 15 is 0 Å². The normalized spacial score (nSPS) is 18.2. The Morgan fingerprint density at radius 2 is 2.24 bits per heavy atom. The van der Waals surface area contributed by atoms with Crippen LogP contribution in [0.4, 0.5) is 0 Å². The van der Waals surface area contributed by atoms with E-state index in [0.29, 0.717) is 22.9 Å². The summed E-state index contributed by atoms with van der Waals surface area (Å²) in [4.78, 5) is 18.3. The molecule has 1 amide bonds. The van der Waals surface area contributed by atoms with Crippen molar-refractivity contribution < 1.29 is 9.32 Å². The van der Waals surface area contributed by atoms with Crippen molar-refractivity contribution in [3.8, 4) is 0 Å². The molecule has 110 valence electrons. The highest BCUT2D eigenvalue weighted by Crippen LogP contribution is 2.34. The first kappa shape index (κ1) is 14.4. The predicted octanol–water partition coefficient (Wildman–Crippen LogP) is 3.66. The molecule has 1 atom stereocenters. The molecule has 0 radical (unpaired) electrons. The maximum atomic E-state index is 12.7. The Bertz CT molecular complexity index is 687. The number of carbonyl (C=O) groups excluding carboxylic acids is 1. The number of aromatic nitrogens is 2. The van der Waals surface area contributed by atoms with Gasteiger partial charge in [-0.05, 0) is 25.8 Å². The van der Waals surface area contributed by atoms with Gasteiger partial charge in [0.05, 0.1) is 22.3 Å². The second-order valence-corrected chi connectivity index (χ2v) is 5.81. The van der Waals surface area contributed by atoms with Gasteiger partial charge in [0, 0.05) is 18.8 Å². The van der Waals surface area contributed by atoms with Gasteiger partial charge in [0.2, 0.25) is 0 Å². The second-order valence-electron chi connectivity index (χ2n) is 5.01. The van der Waals surface area contributed by atoms with Crippen LogP contribution >= 0.6 is 23.2 Å². The molecule has 1 aliphatic heterocycles. The SMILES string of the molecule is Cc1cc(C2CCCN2C(=O)c2cc(Cl)ncc2Cl)on1. The van der Waals surface area contributed by atoms with Crippen LogP contribution in [0, 0.1) is 6.92 Å². The lowest BCUT2D eigenvalue weighted by Gasteiger charge is -2.23. The van der Waals surface area contributed by atoms with E-state index in [-0.39, 0.29) is 17.1 Å². The molecule has 0 bridgehead atoms. The summed E-state index contributed by atoms with van der Waals surface area (Å²) in [6, 6.07) is 3.24. The molecule has 2 aromatic rings. The number of nitrogens with zero attached hydrogens (tertiary/aromatic N) is 3. The molecule has 0 spiro atoms. The fourth-order valence-corrected chi connectivity index (χ4v) is 2.92. The third kappa shape index (κ3) is 2.76. The van der Waals surface area contributed by atoms with Gasteiger partial charge >= 0.3 is 0 Å². The molecule has 3 heterocycles. The van der Waals surface area contributed by atoms with Crippen LogP contribution in [0.25, 0.3) is 0 Å². The Morgan fingerprint density at radius 3 is 2.95 bits per heavy atom. The number of pyridine rings is 1. The number of hydrogen-bond donors (Lipinski definition) is 0. The minimum Gasteiger partial charge on any atom is -0.359 e. The lowest BCUT2D eigenvalue weighted by atomic mass is 10.1. The van der Waals surface area contributed by atoms with E-state index in [2.05, 4.69) is 10.1 Å². The number of likely N-dealkylation sites (tertiary alicyclic amines) is 1. The number of carbonyl (C=O) groups is 1. The average Bonchev–Trinajstić information content (AvgIpc) is 3.09. The average molecular weight is 326 g/mol. The fourth-order valence-electron chi connectivity index (χ4n) is 2.58. The van der Waals surface area contributed by atoms with E-state index in [1.165, 1.54) is 12.3 Å². The van der Waals surface area contributed by atoms with Gasteiger partial charge < -0.3 is 9.42 Å². The molecule has 0 N–H and O–H groups in total. The Labute approximate surface area is 131 Å². The smallest absolute Gasteiger partial charge is 0.256 e. The maximum absolute atomic E-state index is 12.7. The molecule has 0 saturated carbocycles. The Kier molecular flexibility index (Phi) is 3.87. The molecule has 3 rings (SSSR count). The van der Waals surface area contributed by atoms with Crippen molar-refractivity contribution >= 4 is 29.1 Å². The molecule has 1 saturated heterocycles. The highest BCUT2D eigenvalue weighted by molar-refractivity contribution is 6.35. The zero-order valence-electron chi connectivity index (χ0n) is 11.3. The van der Waals surface area contributed by atoms with Crippen molar-refractivity contribution in [3.05, 3.63) is 45.5 Å². The summed E-state index contributed by atoms with van der Waals surface area (Å²) in [6.07, 6.45) is 3.14. The molecular formula is C14H13Cl2N3O2. The molecule has 1 aliphatic rings. The van der Waals surface area contributed by atoms with Crippen molar-refractivity contribution in [2.75, 3.05) is 6.54 Å². The molecule has 0 aliphatic carbocycles. The third-order valence-electron chi connectivity index (χ3n) is 3.54. The second kappa shape index (κ2) is 5.66. The Morgan fingerprint density at radius 1 is 1.43 bits per heavy atom. The molecule has 7 heteroatoms. The van der Waals surface area contributed by atoms with Gasteiger partial charge in [-0.25, -0.2) is 4.98 Å². The van der Waals surface area contributed by atoms with Gasteiger partial charge in [-0.15, -0.1) is 0 Å². The molecule has 5 nitrogen and oxygen atoms in total. The summed E-state index contributed by atoms with van der Waals surface area (Å²) in [5, 5.41) is 4.43. The van der Waals surface area contributed by atoms with Gasteiger partial charge in [-0.1, -0.05) is 28.4 Å². The van der Waals surface area contributed by atoms with E-state index in [4.69, 9.17) is 27.7 Å². The van der Waals surface area contributed by atoms with Gasteiger partial charge in [-0.3, -0.25) is 4.79 Å². The molecule has 21 heavy (non-hydrogen) atoms. The van der Waals surface area contributed by atoms with E-state index in [0.717, 1.165) is 18.5 Å². The summed E-state index contributed by atoms with van der Waals surface area (Å²) in [6.45, 7) is 2.51. The van der Waals surface area contributed by atoms with E-state index in [9.17, 15) is 4.79 Å². The van der Waals surface area contributed by atoms with E-state index in [1.54, 1.807) is 4.90 Å². The van der Waals surface area contributed by atoms with Crippen LogP contribution in [0.1, 0.15) is 40.7 Å². The number of rotatable bonds is 2. The fraction of sp³-hybridized carbons (Fsp3) is 0.357. The quantitative estimate of drug-likeness (QED) is 0.790. The van der Waals surface area contributed by atoms with Crippen molar-refractivity contribution in [2.45, 2.75) is 25.8 Å². The zero-order valence-corrected chi connectivity index (χ0v) is 12.9. The first-order valence-electron chi connectivity index (χ1n) is 6.61. The first-order valence-corrected chi connectivity index (χ1v) is 7.37. The highest BCUT2D eigenvalue weighted by atomic mass is 35.5. The van der Waals surface area contributed by atoms with Crippen LogP contribution < -0.4 is 0 Å². The van der Waals surface area contributed by atoms with Crippen molar-refractivity contribution in [1.29, 1.82) is 0 Å². The number of aryl methyl sites for hydroxylation is 1. The van der Waals surface area contributed by atoms with Crippen LogP contribution in [0.2, 0.25) is 10.2 Å². The highest BCUT2D eigenvalue weighted by Gasteiger charge is 2.34. The van der Waals surface area contributed by atoms with Gasteiger partial charge in [-0.2, -0.15) is 0 Å².